The van der Waals surface area contributed by atoms with E-state index in [-0.39, 0.29) is 0 Å². The first kappa shape index (κ1) is 13.5. The second kappa shape index (κ2) is 4.67. The molecule has 0 bridgehead atoms. The van der Waals surface area contributed by atoms with Gasteiger partial charge in [-0.15, -0.1) is 0 Å². The first-order chi connectivity index (χ1) is 10.6. The van der Waals surface area contributed by atoms with Gasteiger partial charge in [0.15, 0.2) is 0 Å². The zero-order valence-electron chi connectivity index (χ0n) is 12.7. The Bertz CT molecular complexity index is 937. The van der Waals surface area contributed by atoms with Crippen molar-refractivity contribution in [2.24, 2.45) is 0 Å². The highest BCUT2D eigenvalue weighted by atomic mass is 16.3. The summed E-state index contributed by atoms with van der Waals surface area (Å²) in [7, 11) is 0. The van der Waals surface area contributed by atoms with Gasteiger partial charge in [0.25, 0.3) is 0 Å². The Hall–Kier alpha value is -2.16. The Morgan fingerprint density at radius 2 is 1.64 bits per heavy atom. The fraction of sp³-hybridized carbons (Fsp3) is 0.200. The van der Waals surface area contributed by atoms with Crippen molar-refractivity contribution in [3.63, 3.8) is 0 Å². The van der Waals surface area contributed by atoms with E-state index in [2.05, 4.69) is 44.2 Å². The Balaban J connectivity index is 2.13. The predicted octanol–water partition coefficient (Wildman–Crippen LogP) is 4.03. The molecule has 0 spiro atoms. The Labute approximate surface area is 129 Å². The van der Waals surface area contributed by atoms with Crippen molar-refractivity contribution in [1.82, 2.24) is 0 Å². The van der Waals surface area contributed by atoms with Crippen LogP contribution in [0.3, 0.4) is 0 Å². The lowest BCUT2D eigenvalue weighted by Crippen LogP contribution is -2.19. The Kier molecular flexibility index (Phi) is 2.86. The van der Waals surface area contributed by atoms with E-state index in [1.807, 2.05) is 12.1 Å². The molecule has 2 nitrogen and oxygen atoms in total. The molecule has 0 aliphatic heterocycles. The van der Waals surface area contributed by atoms with Crippen molar-refractivity contribution >= 4 is 27.6 Å². The topological polar surface area (TPSA) is 40.5 Å². The molecule has 2 heteroatoms. The summed E-state index contributed by atoms with van der Waals surface area (Å²) in [5.41, 5.74) is 4.36. The molecule has 0 fully saturated rings. The van der Waals surface area contributed by atoms with Crippen LogP contribution < -0.4 is 0 Å². The number of hydrogen-bond acceptors (Lipinski definition) is 2. The monoisotopic (exact) mass is 290 g/mol. The average Bonchev–Trinajstić information content (AvgIpc) is 2.53. The summed E-state index contributed by atoms with van der Waals surface area (Å²) in [4.78, 5) is 0. The molecule has 110 valence electrons. The Morgan fingerprint density at radius 3 is 2.45 bits per heavy atom. The van der Waals surface area contributed by atoms with E-state index in [9.17, 15) is 10.2 Å². The van der Waals surface area contributed by atoms with Crippen LogP contribution in [0.5, 0.6) is 0 Å². The molecule has 2 atom stereocenters. The first-order valence-corrected chi connectivity index (χ1v) is 7.57. The fourth-order valence-corrected chi connectivity index (χ4v) is 3.41. The molecule has 0 saturated heterocycles. The molecule has 0 heterocycles. The van der Waals surface area contributed by atoms with Gasteiger partial charge in [-0.25, -0.2) is 0 Å². The number of fused-ring (bicyclic) bond motifs is 4. The minimum absolute atomic E-state index is 0.798. The zero-order valence-corrected chi connectivity index (χ0v) is 12.7. The molecule has 0 saturated carbocycles. The zero-order chi connectivity index (χ0) is 15.4. The van der Waals surface area contributed by atoms with Gasteiger partial charge in [-0.05, 0) is 69.8 Å². The summed E-state index contributed by atoms with van der Waals surface area (Å²) in [6.45, 7) is 4.29. The van der Waals surface area contributed by atoms with Crippen LogP contribution in [-0.4, -0.2) is 16.3 Å². The maximum absolute atomic E-state index is 10.2. The highest BCUT2D eigenvalue weighted by Crippen LogP contribution is 2.36. The van der Waals surface area contributed by atoms with E-state index in [0.717, 1.165) is 16.5 Å². The minimum Gasteiger partial charge on any atom is -0.386 e. The minimum atomic E-state index is -0.848. The molecule has 0 aromatic heterocycles. The lowest BCUT2D eigenvalue weighted by Gasteiger charge is -2.23. The summed E-state index contributed by atoms with van der Waals surface area (Å²) in [5.74, 6) is 0. The second-order valence-electron chi connectivity index (χ2n) is 6.17. The highest BCUT2D eigenvalue weighted by Gasteiger charge is 2.23. The molecule has 0 radical (unpaired) electrons. The van der Waals surface area contributed by atoms with E-state index in [1.54, 1.807) is 6.08 Å². The highest BCUT2D eigenvalue weighted by molar-refractivity contribution is 6.10. The summed E-state index contributed by atoms with van der Waals surface area (Å²) in [6.07, 6.45) is 1.88. The van der Waals surface area contributed by atoms with Crippen molar-refractivity contribution in [2.45, 2.75) is 26.1 Å². The summed E-state index contributed by atoms with van der Waals surface area (Å²) in [6, 6.07) is 12.7. The van der Waals surface area contributed by atoms with Crippen molar-refractivity contribution in [3.05, 3.63) is 64.7 Å². The van der Waals surface area contributed by atoms with Crippen molar-refractivity contribution in [3.8, 4) is 0 Å². The fourth-order valence-electron chi connectivity index (χ4n) is 3.41. The smallest absolute Gasteiger partial charge is 0.109 e. The van der Waals surface area contributed by atoms with Gasteiger partial charge >= 0.3 is 0 Å². The van der Waals surface area contributed by atoms with Crippen LogP contribution >= 0.6 is 0 Å². The number of hydrogen-bond donors (Lipinski definition) is 2. The third-order valence-electron chi connectivity index (χ3n) is 4.85. The third kappa shape index (κ3) is 1.81. The van der Waals surface area contributed by atoms with E-state index in [0.29, 0.717) is 0 Å². The lowest BCUT2D eigenvalue weighted by atomic mass is 9.88. The van der Waals surface area contributed by atoms with Crippen LogP contribution in [0.1, 0.15) is 28.4 Å². The second-order valence-corrected chi connectivity index (χ2v) is 6.17. The quantitative estimate of drug-likeness (QED) is 0.614. The van der Waals surface area contributed by atoms with Gasteiger partial charge in [0.1, 0.15) is 12.2 Å². The van der Waals surface area contributed by atoms with Crippen LogP contribution in [0.25, 0.3) is 27.6 Å². The molecule has 3 aromatic rings. The number of benzene rings is 3. The van der Waals surface area contributed by atoms with Crippen LogP contribution in [0.4, 0.5) is 0 Å². The van der Waals surface area contributed by atoms with E-state index >= 15 is 0 Å². The summed E-state index contributed by atoms with van der Waals surface area (Å²) >= 11 is 0. The van der Waals surface area contributed by atoms with Gasteiger partial charge in [0, 0.05) is 0 Å². The van der Waals surface area contributed by atoms with Gasteiger partial charge in [-0.1, -0.05) is 36.4 Å². The van der Waals surface area contributed by atoms with Crippen molar-refractivity contribution in [1.29, 1.82) is 0 Å². The third-order valence-corrected chi connectivity index (χ3v) is 4.85. The van der Waals surface area contributed by atoms with Crippen LogP contribution in [0.15, 0.2) is 42.5 Å². The van der Waals surface area contributed by atoms with Gasteiger partial charge in [-0.3, -0.25) is 0 Å². The molecule has 0 amide bonds. The molecule has 22 heavy (non-hydrogen) atoms. The van der Waals surface area contributed by atoms with Crippen LogP contribution in [0.2, 0.25) is 0 Å². The maximum atomic E-state index is 10.2. The van der Waals surface area contributed by atoms with Crippen LogP contribution in [0, 0.1) is 13.8 Å². The van der Waals surface area contributed by atoms with Gasteiger partial charge in [-0.2, -0.15) is 0 Å². The number of aryl methyl sites for hydroxylation is 2. The number of aliphatic hydroxyl groups is 2. The molecule has 2 N–H and O–H groups in total. The number of rotatable bonds is 0. The largest absolute Gasteiger partial charge is 0.386 e. The van der Waals surface area contributed by atoms with E-state index in [4.69, 9.17) is 0 Å². The molecule has 1 aliphatic rings. The molecule has 3 aromatic carbocycles. The molecule has 0 unspecified atom stereocenters. The molecule has 4 rings (SSSR count). The predicted molar refractivity (Wildman–Crippen MR) is 90.9 cm³/mol. The van der Waals surface area contributed by atoms with Gasteiger partial charge in [0.2, 0.25) is 0 Å². The first-order valence-electron chi connectivity index (χ1n) is 7.57. The lowest BCUT2D eigenvalue weighted by molar-refractivity contribution is 0.0471. The SMILES string of the molecule is Cc1ccc2ccc3cc4c(cc3c2c1C)C=C[C@@H](O)[C@@H]4O. The van der Waals surface area contributed by atoms with Gasteiger partial charge < -0.3 is 10.2 Å². The standard InChI is InChI=1S/C20H18O2/c1-11-3-4-13-5-6-14-10-17-15(7-8-18(21)20(17)22)9-16(14)19(13)12(11)2/h3-10,18,20-22H,1-2H3/t18-,20-/m1/s1. The summed E-state index contributed by atoms with van der Waals surface area (Å²) in [5, 5.41) is 24.8. The Morgan fingerprint density at radius 1 is 0.909 bits per heavy atom. The normalized spacial score (nSPS) is 20.5. The van der Waals surface area contributed by atoms with E-state index < -0.39 is 12.2 Å². The van der Waals surface area contributed by atoms with Crippen molar-refractivity contribution in [2.75, 3.05) is 0 Å². The average molecular weight is 290 g/mol. The number of aliphatic hydroxyl groups excluding tert-OH is 2. The van der Waals surface area contributed by atoms with Crippen molar-refractivity contribution < 1.29 is 10.2 Å². The summed E-state index contributed by atoms with van der Waals surface area (Å²) < 4.78 is 0. The van der Waals surface area contributed by atoms with Crippen LogP contribution in [-0.2, 0) is 0 Å². The van der Waals surface area contributed by atoms with E-state index in [1.165, 1.54) is 27.3 Å². The molecule has 1 aliphatic carbocycles. The maximum Gasteiger partial charge on any atom is 0.109 e. The molecular weight excluding hydrogens is 272 g/mol. The molecular formula is C20H18O2. The van der Waals surface area contributed by atoms with Gasteiger partial charge in [0.05, 0.1) is 0 Å².